The van der Waals surface area contributed by atoms with E-state index in [4.69, 9.17) is 16.7 Å². The lowest BCUT2D eigenvalue weighted by Gasteiger charge is -1.99. The van der Waals surface area contributed by atoms with Crippen LogP contribution in [-0.4, -0.2) is 10.1 Å². The second-order valence-corrected chi connectivity index (χ2v) is 4.57. The van der Waals surface area contributed by atoms with Gasteiger partial charge in [-0.2, -0.15) is 0 Å². The van der Waals surface area contributed by atoms with Gasteiger partial charge in [0.2, 0.25) is 0 Å². The van der Waals surface area contributed by atoms with Crippen LogP contribution in [0.5, 0.6) is 0 Å². The first-order valence-corrected chi connectivity index (χ1v) is 5.42. The number of benzene rings is 1. The third-order valence-corrected chi connectivity index (χ3v) is 3.06. The number of nitrogens with zero attached hydrogens (tertiary/aromatic N) is 1. The van der Waals surface area contributed by atoms with E-state index in [1.54, 1.807) is 12.1 Å². The highest BCUT2D eigenvalue weighted by Gasteiger charge is 2.11. The number of rotatable bonds is 2. The van der Waals surface area contributed by atoms with Gasteiger partial charge >= 0.3 is 0 Å². The molecule has 15 heavy (non-hydrogen) atoms. The Kier molecular flexibility index (Phi) is 3.00. The zero-order valence-corrected chi connectivity index (χ0v) is 9.15. The Morgan fingerprint density at radius 1 is 1.47 bits per heavy atom. The Labute approximate surface area is 95.0 Å². The zero-order valence-electron chi connectivity index (χ0n) is 7.58. The minimum atomic E-state index is -0.333. The smallest absolute Gasteiger partial charge is 0.184 e. The molecule has 0 bridgehead atoms. The summed E-state index contributed by atoms with van der Waals surface area (Å²) in [6.07, 6.45) is 0. The molecule has 78 valence electrons. The quantitative estimate of drug-likeness (QED) is 0.879. The molecule has 2 nitrogen and oxygen atoms in total. The molecule has 1 heterocycles. The lowest BCUT2D eigenvalue weighted by Crippen LogP contribution is -1.85. The molecule has 0 atom stereocenters. The van der Waals surface area contributed by atoms with Gasteiger partial charge in [-0.15, -0.1) is 11.3 Å². The molecule has 0 fully saturated rings. The van der Waals surface area contributed by atoms with Crippen molar-refractivity contribution >= 4 is 22.9 Å². The van der Waals surface area contributed by atoms with Gasteiger partial charge in [0.15, 0.2) is 4.47 Å². The van der Waals surface area contributed by atoms with E-state index in [2.05, 4.69) is 4.98 Å². The average Bonchev–Trinajstić information content (AvgIpc) is 2.59. The van der Waals surface area contributed by atoms with Crippen LogP contribution in [-0.2, 0) is 6.61 Å². The Balaban J connectivity index is 2.53. The number of thiazole rings is 1. The minimum absolute atomic E-state index is 0.143. The van der Waals surface area contributed by atoms with Crippen LogP contribution in [0.4, 0.5) is 4.39 Å². The van der Waals surface area contributed by atoms with E-state index in [1.807, 2.05) is 0 Å². The van der Waals surface area contributed by atoms with E-state index >= 15 is 0 Å². The molecule has 0 saturated carbocycles. The van der Waals surface area contributed by atoms with Gasteiger partial charge in [-0.05, 0) is 12.1 Å². The van der Waals surface area contributed by atoms with Gasteiger partial charge in [0.25, 0.3) is 0 Å². The fourth-order valence-corrected chi connectivity index (χ4v) is 2.32. The Hall–Kier alpha value is -0.970. The van der Waals surface area contributed by atoms with Crippen molar-refractivity contribution in [3.63, 3.8) is 0 Å². The highest BCUT2D eigenvalue weighted by molar-refractivity contribution is 7.16. The van der Waals surface area contributed by atoms with E-state index in [-0.39, 0.29) is 12.4 Å². The number of aliphatic hydroxyl groups is 1. The third-order valence-electron chi connectivity index (χ3n) is 1.91. The zero-order chi connectivity index (χ0) is 10.8. The van der Waals surface area contributed by atoms with Crippen molar-refractivity contribution in [2.24, 2.45) is 0 Å². The molecule has 0 unspecified atom stereocenters. The summed E-state index contributed by atoms with van der Waals surface area (Å²) < 4.78 is 13.3. The summed E-state index contributed by atoms with van der Waals surface area (Å²) in [5.41, 5.74) is 1.18. The standard InChI is InChI=1S/C10H7ClFNOS/c11-10-13-9(8(5-14)15-10)6-2-1-3-7(12)4-6/h1-4,14H,5H2. The van der Waals surface area contributed by atoms with Crippen LogP contribution in [0.15, 0.2) is 24.3 Å². The second kappa shape index (κ2) is 4.26. The van der Waals surface area contributed by atoms with E-state index in [9.17, 15) is 4.39 Å². The molecule has 0 aliphatic heterocycles. The molecule has 0 spiro atoms. The van der Waals surface area contributed by atoms with Crippen molar-refractivity contribution in [1.29, 1.82) is 0 Å². The largest absolute Gasteiger partial charge is 0.391 e. The lowest BCUT2D eigenvalue weighted by molar-refractivity contribution is 0.286. The Morgan fingerprint density at radius 3 is 2.93 bits per heavy atom. The van der Waals surface area contributed by atoms with Crippen LogP contribution in [0, 0.1) is 5.82 Å². The molecule has 0 amide bonds. The SMILES string of the molecule is OCc1sc(Cl)nc1-c1cccc(F)c1. The summed E-state index contributed by atoms with van der Waals surface area (Å²) in [6, 6.07) is 6.05. The maximum Gasteiger partial charge on any atom is 0.184 e. The van der Waals surface area contributed by atoms with Gasteiger partial charge in [-0.25, -0.2) is 9.37 Å². The van der Waals surface area contributed by atoms with E-state index in [0.29, 0.717) is 20.6 Å². The van der Waals surface area contributed by atoms with Crippen LogP contribution in [0.25, 0.3) is 11.3 Å². The molecule has 0 saturated heterocycles. The highest BCUT2D eigenvalue weighted by atomic mass is 35.5. The van der Waals surface area contributed by atoms with Crippen LogP contribution in [0.3, 0.4) is 0 Å². The number of hydrogen-bond donors (Lipinski definition) is 1. The van der Waals surface area contributed by atoms with E-state index in [0.717, 1.165) is 0 Å². The minimum Gasteiger partial charge on any atom is -0.391 e. The first-order chi connectivity index (χ1) is 7.20. The molecule has 0 aliphatic carbocycles. The highest BCUT2D eigenvalue weighted by Crippen LogP contribution is 2.30. The van der Waals surface area contributed by atoms with Gasteiger partial charge in [0.1, 0.15) is 5.82 Å². The molecular weight excluding hydrogens is 237 g/mol. The van der Waals surface area contributed by atoms with Crippen LogP contribution < -0.4 is 0 Å². The van der Waals surface area contributed by atoms with Crippen molar-refractivity contribution in [2.45, 2.75) is 6.61 Å². The van der Waals surface area contributed by atoms with Gasteiger partial charge in [0, 0.05) is 5.56 Å². The van der Waals surface area contributed by atoms with E-state index < -0.39 is 0 Å². The molecule has 1 N–H and O–H groups in total. The number of halogens is 2. The predicted octanol–water partition coefficient (Wildman–Crippen LogP) is 3.09. The summed E-state index contributed by atoms with van der Waals surface area (Å²) in [6.45, 7) is -0.143. The molecule has 2 rings (SSSR count). The summed E-state index contributed by atoms with van der Waals surface area (Å²) in [5, 5.41) is 9.08. The number of aliphatic hydroxyl groups excluding tert-OH is 1. The number of aromatic nitrogens is 1. The summed E-state index contributed by atoms with van der Waals surface area (Å²) in [5.74, 6) is -0.333. The normalized spacial score (nSPS) is 10.6. The Bertz CT molecular complexity index is 486. The monoisotopic (exact) mass is 243 g/mol. The van der Waals surface area contributed by atoms with Crippen molar-refractivity contribution in [3.8, 4) is 11.3 Å². The first kappa shape index (κ1) is 10.5. The Morgan fingerprint density at radius 2 is 2.27 bits per heavy atom. The maximum absolute atomic E-state index is 13.0. The fraction of sp³-hybridized carbons (Fsp3) is 0.100. The molecule has 5 heteroatoms. The lowest BCUT2D eigenvalue weighted by atomic mass is 10.1. The first-order valence-electron chi connectivity index (χ1n) is 4.22. The molecule has 0 aliphatic rings. The van der Waals surface area contributed by atoms with Gasteiger partial charge in [-0.3, -0.25) is 0 Å². The predicted molar refractivity (Wildman–Crippen MR) is 58.4 cm³/mol. The molecule has 1 aromatic carbocycles. The van der Waals surface area contributed by atoms with Crippen molar-refractivity contribution in [3.05, 3.63) is 39.4 Å². The van der Waals surface area contributed by atoms with Gasteiger partial charge in [0.05, 0.1) is 17.2 Å². The van der Waals surface area contributed by atoms with Crippen LogP contribution in [0.2, 0.25) is 4.47 Å². The van der Waals surface area contributed by atoms with Crippen molar-refractivity contribution in [2.75, 3.05) is 0 Å². The number of hydrogen-bond acceptors (Lipinski definition) is 3. The molecule has 2 aromatic rings. The van der Waals surface area contributed by atoms with Gasteiger partial charge < -0.3 is 5.11 Å². The topological polar surface area (TPSA) is 33.1 Å². The summed E-state index contributed by atoms with van der Waals surface area (Å²) in [7, 11) is 0. The van der Waals surface area contributed by atoms with E-state index in [1.165, 1.54) is 23.5 Å². The van der Waals surface area contributed by atoms with Crippen molar-refractivity contribution < 1.29 is 9.50 Å². The maximum atomic E-state index is 13.0. The van der Waals surface area contributed by atoms with Crippen LogP contribution in [0.1, 0.15) is 4.88 Å². The molecular formula is C10H7ClFNOS. The average molecular weight is 244 g/mol. The molecule has 0 radical (unpaired) electrons. The second-order valence-electron chi connectivity index (χ2n) is 2.91. The van der Waals surface area contributed by atoms with Gasteiger partial charge in [-0.1, -0.05) is 23.7 Å². The summed E-state index contributed by atoms with van der Waals surface area (Å²) in [4.78, 5) is 4.69. The molecule has 1 aromatic heterocycles. The van der Waals surface area contributed by atoms with Crippen LogP contribution >= 0.6 is 22.9 Å². The fourth-order valence-electron chi connectivity index (χ4n) is 1.29. The van der Waals surface area contributed by atoms with Crippen molar-refractivity contribution in [1.82, 2.24) is 4.98 Å². The summed E-state index contributed by atoms with van der Waals surface area (Å²) >= 11 is 6.93. The third kappa shape index (κ3) is 2.17.